The van der Waals surface area contributed by atoms with Crippen molar-refractivity contribution in [3.63, 3.8) is 0 Å². The van der Waals surface area contributed by atoms with Crippen LogP contribution in [0.5, 0.6) is 0 Å². The van der Waals surface area contributed by atoms with Gasteiger partial charge in [-0.2, -0.15) is 11.8 Å². The zero-order chi connectivity index (χ0) is 14.9. The molecule has 1 saturated heterocycles. The van der Waals surface area contributed by atoms with E-state index < -0.39 is 0 Å². The molecule has 0 spiro atoms. The van der Waals surface area contributed by atoms with E-state index >= 15 is 0 Å². The molecule has 1 aromatic carbocycles. The number of rotatable bonds is 4. The maximum atomic E-state index is 4.37. The van der Waals surface area contributed by atoms with E-state index in [0.29, 0.717) is 0 Å². The Hall–Kier alpha value is -1.16. The van der Waals surface area contributed by atoms with Gasteiger partial charge in [-0.05, 0) is 53.9 Å². The first kappa shape index (κ1) is 14.4. The number of nitrogens with one attached hydrogen (secondary N) is 2. The fourth-order valence-corrected chi connectivity index (χ4v) is 5.41. The monoisotopic (exact) mass is 315 g/mol. The van der Waals surface area contributed by atoms with Crippen molar-refractivity contribution in [1.82, 2.24) is 10.6 Å². The van der Waals surface area contributed by atoms with E-state index in [4.69, 9.17) is 0 Å². The summed E-state index contributed by atoms with van der Waals surface area (Å²) in [5.41, 5.74) is 3.18. The van der Waals surface area contributed by atoms with Crippen molar-refractivity contribution < 1.29 is 0 Å². The summed E-state index contributed by atoms with van der Waals surface area (Å²) < 4.78 is 0. The smallest absolute Gasteiger partial charge is 0.191 e. The Labute approximate surface area is 137 Å². The summed E-state index contributed by atoms with van der Waals surface area (Å²) >= 11 is 2.09. The van der Waals surface area contributed by atoms with Gasteiger partial charge in [0.2, 0.25) is 0 Å². The van der Waals surface area contributed by atoms with Crippen LogP contribution in [0, 0.1) is 11.8 Å². The van der Waals surface area contributed by atoms with Crippen molar-refractivity contribution in [1.29, 1.82) is 0 Å². The molecule has 0 aromatic heterocycles. The van der Waals surface area contributed by atoms with Crippen LogP contribution >= 0.6 is 11.8 Å². The maximum absolute atomic E-state index is 4.37. The number of aliphatic imine (C=N–C) groups is 1. The summed E-state index contributed by atoms with van der Waals surface area (Å²) in [6.07, 6.45) is 3.99. The first-order valence-electron chi connectivity index (χ1n) is 8.50. The Morgan fingerprint density at radius 3 is 2.95 bits per heavy atom. The molecule has 0 radical (unpaired) electrons. The lowest BCUT2D eigenvalue weighted by atomic mass is 10.0. The van der Waals surface area contributed by atoms with E-state index in [1.165, 1.54) is 25.0 Å². The predicted octanol–water partition coefficient (Wildman–Crippen LogP) is 2.63. The highest BCUT2D eigenvalue weighted by Gasteiger charge is 2.54. The molecule has 1 heterocycles. The molecule has 4 atom stereocenters. The van der Waals surface area contributed by atoms with E-state index in [2.05, 4.69) is 51.7 Å². The summed E-state index contributed by atoms with van der Waals surface area (Å²) in [7, 11) is 1.88. The van der Waals surface area contributed by atoms with Gasteiger partial charge in [0.15, 0.2) is 5.96 Å². The lowest BCUT2D eigenvalue weighted by molar-refractivity contribution is 0.649. The first-order valence-corrected chi connectivity index (χ1v) is 9.55. The van der Waals surface area contributed by atoms with Crippen LogP contribution in [0.4, 0.5) is 0 Å². The maximum Gasteiger partial charge on any atom is 0.191 e. The van der Waals surface area contributed by atoms with Gasteiger partial charge in [-0.25, -0.2) is 0 Å². The molecule has 118 valence electrons. The highest BCUT2D eigenvalue weighted by Crippen LogP contribution is 2.60. The highest BCUT2D eigenvalue weighted by molar-refractivity contribution is 8.00. The molecule has 2 aliphatic carbocycles. The average molecular weight is 315 g/mol. The summed E-state index contributed by atoms with van der Waals surface area (Å²) in [6, 6.07) is 8.98. The summed E-state index contributed by atoms with van der Waals surface area (Å²) in [6.45, 7) is 2.10. The zero-order valence-electron chi connectivity index (χ0n) is 13.2. The molecule has 3 aliphatic rings. The number of fused-ring (bicyclic) bond motifs is 3. The third-order valence-electron chi connectivity index (χ3n) is 5.45. The number of hydrogen-bond donors (Lipinski definition) is 2. The van der Waals surface area contributed by atoms with Crippen molar-refractivity contribution in [3.8, 4) is 0 Å². The Bertz CT molecular complexity index is 565. The van der Waals surface area contributed by atoms with Gasteiger partial charge in [0.25, 0.3) is 0 Å². The molecule has 1 aromatic rings. The van der Waals surface area contributed by atoms with Crippen LogP contribution in [0.2, 0.25) is 0 Å². The van der Waals surface area contributed by atoms with Crippen LogP contribution in [-0.4, -0.2) is 37.1 Å². The Morgan fingerprint density at radius 1 is 1.27 bits per heavy atom. The topological polar surface area (TPSA) is 36.4 Å². The minimum absolute atomic E-state index is 0.769. The first-order chi connectivity index (χ1) is 10.9. The minimum Gasteiger partial charge on any atom is -0.356 e. The van der Waals surface area contributed by atoms with Crippen LogP contribution in [0.3, 0.4) is 0 Å². The second-order valence-corrected chi connectivity index (χ2v) is 8.13. The fourth-order valence-electron chi connectivity index (χ4n) is 4.21. The van der Waals surface area contributed by atoms with Crippen LogP contribution in [-0.2, 0) is 6.42 Å². The molecule has 4 rings (SSSR count). The molecule has 2 fully saturated rings. The van der Waals surface area contributed by atoms with Crippen LogP contribution in [0.1, 0.15) is 29.9 Å². The number of thioether (sulfide) groups is 1. The van der Waals surface area contributed by atoms with Crippen molar-refractivity contribution in [3.05, 3.63) is 35.4 Å². The van der Waals surface area contributed by atoms with E-state index in [9.17, 15) is 0 Å². The SMILES string of the molecule is CN=C(NCC1CCCS1)NCC1C2Cc3ccccc3C12. The van der Waals surface area contributed by atoms with Gasteiger partial charge in [-0.1, -0.05) is 24.3 Å². The van der Waals surface area contributed by atoms with Gasteiger partial charge in [-0.3, -0.25) is 4.99 Å². The van der Waals surface area contributed by atoms with Gasteiger partial charge < -0.3 is 10.6 Å². The standard InChI is InChI=1S/C18H25N3S/c1-19-18(20-10-13-6-4-8-22-13)21-11-16-15-9-12-5-2-3-7-14(12)17(15)16/h2-3,5,7,13,15-17H,4,6,8-11H2,1H3,(H2,19,20,21). The lowest BCUT2D eigenvalue weighted by Gasteiger charge is -2.15. The molecule has 22 heavy (non-hydrogen) atoms. The summed E-state index contributed by atoms with van der Waals surface area (Å²) in [5.74, 6) is 4.77. The number of guanidine groups is 1. The van der Waals surface area contributed by atoms with Gasteiger partial charge in [0, 0.05) is 25.4 Å². The third-order valence-corrected chi connectivity index (χ3v) is 6.85. The highest BCUT2D eigenvalue weighted by atomic mass is 32.2. The van der Waals surface area contributed by atoms with Crippen molar-refractivity contribution in [2.45, 2.75) is 30.4 Å². The van der Waals surface area contributed by atoms with Crippen LogP contribution in [0.25, 0.3) is 0 Å². The molecule has 2 N–H and O–H groups in total. The Kier molecular flexibility index (Phi) is 4.03. The van der Waals surface area contributed by atoms with E-state index in [1.807, 2.05) is 7.05 Å². The largest absolute Gasteiger partial charge is 0.356 e. The molecule has 1 aliphatic heterocycles. The van der Waals surface area contributed by atoms with E-state index in [-0.39, 0.29) is 0 Å². The number of benzene rings is 1. The second-order valence-electron chi connectivity index (χ2n) is 6.73. The quantitative estimate of drug-likeness (QED) is 0.662. The third kappa shape index (κ3) is 2.73. The molecule has 1 saturated carbocycles. The van der Waals surface area contributed by atoms with Gasteiger partial charge >= 0.3 is 0 Å². The van der Waals surface area contributed by atoms with Gasteiger partial charge in [0.05, 0.1) is 0 Å². The van der Waals surface area contributed by atoms with Crippen molar-refractivity contribution >= 4 is 17.7 Å². The average Bonchev–Trinajstić information content (AvgIpc) is 2.95. The molecular formula is C18H25N3S. The van der Waals surface area contributed by atoms with E-state index in [1.54, 1.807) is 11.1 Å². The molecular weight excluding hydrogens is 290 g/mol. The molecule has 4 unspecified atom stereocenters. The minimum atomic E-state index is 0.769. The van der Waals surface area contributed by atoms with Crippen LogP contribution in [0.15, 0.2) is 29.3 Å². The zero-order valence-corrected chi connectivity index (χ0v) is 14.0. The summed E-state index contributed by atoms with van der Waals surface area (Å²) in [5, 5.41) is 7.81. The van der Waals surface area contributed by atoms with Crippen molar-refractivity contribution in [2.24, 2.45) is 16.8 Å². The molecule has 0 bridgehead atoms. The molecule has 3 nitrogen and oxygen atoms in total. The molecule has 4 heteroatoms. The van der Waals surface area contributed by atoms with Gasteiger partial charge in [0.1, 0.15) is 0 Å². The number of hydrogen-bond acceptors (Lipinski definition) is 2. The Morgan fingerprint density at radius 2 is 2.14 bits per heavy atom. The predicted molar refractivity (Wildman–Crippen MR) is 94.7 cm³/mol. The van der Waals surface area contributed by atoms with Crippen LogP contribution < -0.4 is 10.6 Å². The fraction of sp³-hybridized carbons (Fsp3) is 0.611. The lowest BCUT2D eigenvalue weighted by Crippen LogP contribution is -2.41. The number of nitrogens with zero attached hydrogens (tertiary/aromatic N) is 1. The van der Waals surface area contributed by atoms with Crippen molar-refractivity contribution in [2.75, 3.05) is 25.9 Å². The normalized spacial score (nSPS) is 32.5. The molecule has 0 amide bonds. The summed E-state index contributed by atoms with van der Waals surface area (Å²) in [4.78, 5) is 4.37. The van der Waals surface area contributed by atoms with Gasteiger partial charge in [-0.15, -0.1) is 0 Å². The second kappa shape index (κ2) is 6.15. The van der Waals surface area contributed by atoms with E-state index in [0.717, 1.165) is 42.1 Å². The Balaban J connectivity index is 1.25.